The lowest BCUT2D eigenvalue weighted by molar-refractivity contribution is -0.146. The zero-order valence-electron chi connectivity index (χ0n) is 19.1. The highest BCUT2D eigenvalue weighted by Crippen LogP contribution is 2.48. The summed E-state index contributed by atoms with van der Waals surface area (Å²) in [7, 11) is 0. The van der Waals surface area contributed by atoms with Gasteiger partial charge in [-0.25, -0.2) is 0 Å². The predicted octanol–water partition coefficient (Wildman–Crippen LogP) is 4.80. The Morgan fingerprint density at radius 1 is 1.03 bits per heavy atom. The average molecular weight is 458 g/mol. The number of nitrogens with one attached hydrogen (secondary N) is 1. The molecule has 1 heterocycles. The highest BCUT2D eigenvalue weighted by Gasteiger charge is 2.51. The highest BCUT2D eigenvalue weighted by molar-refractivity contribution is 5.97. The van der Waals surface area contributed by atoms with Gasteiger partial charge in [-0.3, -0.25) is 14.3 Å². The molecule has 4 atom stereocenters. The SMILES string of the molecule is Cc1nn(Cc2cccc(Oc3ccccc3)c2)c(C)c1NC(=O)C1C2C=CC(C2)C1C(=O)O. The third-order valence-corrected chi connectivity index (χ3v) is 6.89. The Balaban J connectivity index is 1.32. The number of carbonyl (C=O) groups excluding carboxylic acids is 1. The van der Waals surface area contributed by atoms with E-state index >= 15 is 0 Å². The van der Waals surface area contributed by atoms with Crippen LogP contribution in [0.2, 0.25) is 0 Å². The van der Waals surface area contributed by atoms with E-state index in [1.807, 2.05) is 85.3 Å². The summed E-state index contributed by atoms with van der Waals surface area (Å²) in [5.41, 5.74) is 3.19. The van der Waals surface area contributed by atoms with Crippen molar-refractivity contribution in [1.29, 1.82) is 0 Å². The molecule has 2 N–H and O–H groups in total. The number of hydrogen-bond acceptors (Lipinski definition) is 4. The first-order valence-corrected chi connectivity index (χ1v) is 11.5. The Hall–Kier alpha value is -3.87. The number of amides is 1. The van der Waals surface area contributed by atoms with Crippen LogP contribution >= 0.6 is 0 Å². The molecular weight excluding hydrogens is 430 g/mol. The molecule has 2 aromatic carbocycles. The number of aryl methyl sites for hydroxylation is 1. The van der Waals surface area contributed by atoms with Gasteiger partial charge in [0.25, 0.3) is 0 Å². The fourth-order valence-corrected chi connectivity index (χ4v) is 5.26. The molecule has 2 bridgehead atoms. The molecule has 0 radical (unpaired) electrons. The zero-order chi connectivity index (χ0) is 23.8. The quantitative estimate of drug-likeness (QED) is 0.497. The van der Waals surface area contributed by atoms with Crippen LogP contribution in [0.1, 0.15) is 23.4 Å². The molecule has 1 saturated carbocycles. The predicted molar refractivity (Wildman–Crippen MR) is 128 cm³/mol. The lowest BCUT2D eigenvalue weighted by atomic mass is 9.82. The van der Waals surface area contributed by atoms with Gasteiger partial charge in [0.1, 0.15) is 11.5 Å². The number of carboxylic acids is 1. The molecule has 1 aromatic heterocycles. The summed E-state index contributed by atoms with van der Waals surface area (Å²) in [6.45, 7) is 4.28. The molecule has 1 fully saturated rings. The normalized spacial score (nSPS) is 22.6. The van der Waals surface area contributed by atoms with Crippen molar-refractivity contribution in [1.82, 2.24) is 9.78 Å². The van der Waals surface area contributed by atoms with Gasteiger partial charge in [-0.05, 0) is 61.9 Å². The Bertz CT molecular complexity index is 1260. The number of hydrogen-bond donors (Lipinski definition) is 2. The molecule has 34 heavy (non-hydrogen) atoms. The van der Waals surface area contributed by atoms with E-state index < -0.39 is 17.8 Å². The van der Waals surface area contributed by atoms with Gasteiger partial charge >= 0.3 is 5.97 Å². The molecular formula is C27H27N3O4. The van der Waals surface area contributed by atoms with Crippen LogP contribution in [0, 0.1) is 37.5 Å². The van der Waals surface area contributed by atoms with Crippen molar-refractivity contribution in [3.63, 3.8) is 0 Å². The number of aliphatic carboxylic acids is 1. The van der Waals surface area contributed by atoms with Gasteiger partial charge in [-0.15, -0.1) is 0 Å². The van der Waals surface area contributed by atoms with Crippen LogP contribution < -0.4 is 10.1 Å². The summed E-state index contributed by atoms with van der Waals surface area (Å²) in [6, 6.07) is 17.4. The number of rotatable bonds is 7. The maximum Gasteiger partial charge on any atom is 0.307 e. The average Bonchev–Trinajstić information content (AvgIpc) is 3.50. The summed E-state index contributed by atoms with van der Waals surface area (Å²) in [5.74, 6) is -0.942. The minimum Gasteiger partial charge on any atom is -0.481 e. The molecule has 2 aliphatic carbocycles. The topological polar surface area (TPSA) is 93.5 Å². The van der Waals surface area contributed by atoms with Crippen LogP contribution in [0.5, 0.6) is 11.5 Å². The lowest BCUT2D eigenvalue weighted by Gasteiger charge is -2.23. The van der Waals surface area contributed by atoms with Crippen molar-refractivity contribution in [2.75, 3.05) is 5.32 Å². The van der Waals surface area contributed by atoms with Gasteiger partial charge in [0, 0.05) is 0 Å². The Morgan fingerprint density at radius 3 is 2.47 bits per heavy atom. The Kier molecular flexibility index (Phi) is 5.69. The van der Waals surface area contributed by atoms with Crippen molar-refractivity contribution in [3.8, 4) is 11.5 Å². The van der Waals surface area contributed by atoms with Crippen molar-refractivity contribution < 1.29 is 19.4 Å². The minimum atomic E-state index is -0.904. The monoisotopic (exact) mass is 457 g/mol. The second kappa shape index (κ2) is 8.82. The number of benzene rings is 2. The van der Waals surface area contributed by atoms with Gasteiger partial charge in [-0.1, -0.05) is 42.5 Å². The summed E-state index contributed by atoms with van der Waals surface area (Å²) in [6.07, 6.45) is 4.66. The zero-order valence-corrected chi connectivity index (χ0v) is 19.1. The van der Waals surface area contributed by atoms with E-state index in [9.17, 15) is 14.7 Å². The van der Waals surface area contributed by atoms with Crippen LogP contribution in [-0.2, 0) is 16.1 Å². The Morgan fingerprint density at radius 2 is 1.74 bits per heavy atom. The molecule has 0 spiro atoms. The number of para-hydroxylation sites is 1. The summed E-state index contributed by atoms with van der Waals surface area (Å²) >= 11 is 0. The molecule has 4 unspecified atom stereocenters. The first-order valence-electron chi connectivity index (χ1n) is 11.5. The molecule has 174 valence electrons. The molecule has 1 amide bonds. The highest BCUT2D eigenvalue weighted by atomic mass is 16.5. The third-order valence-electron chi connectivity index (χ3n) is 6.89. The molecule has 3 aromatic rings. The lowest BCUT2D eigenvalue weighted by Crippen LogP contribution is -2.36. The van der Waals surface area contributed by atoms with Crippen molar-refractivity contribution >= 4 is 17.6 Å². The maximum absolute atomic E-state index is 13.1. The van der Waals surface area contributed by atoms with Crippen LogP contribution in [0.25, 0.3) is 0 Å². The number of carboxylic acid groups (broad SMARTS) is 1. The van der Waals surface area contributed by atoms with Gasteiger partial charge in [0.05, 0.1) is 35.5 Å². The number of carbonyl (C=O) groups is 2. The molecule has 7 heteroatoms. The van der Waals surface area contributed by atoms with Gasteiger partial charge in [-0.2, -0.15) is 5.10 Å². The first-order chi connectivity index (χ1) is 16.4. The van der Waals surface area contributed by atoms with E-state index in [1.54, 1.807) is 0 Å². The van der Waals surface area contributed by atoms with E-state index in [4.69, 9.17) is 4.74 Å². The largest absolute Gasteiger partial charge is 0.481 e. The van der Waals surface area contributed by atoms with Gasteiger partial charge < -0.3 is 15.2 Å². The van der Waals surface area contributed by atoms with Crippen LogP contribution in [-0.4, -0.2) is 26.8 Å². The number of anilines is 1. The number of nitrogens with zero attached hydrogens (tertiary/aromatic N) is 2. The van der Waals surface area contributed by atoms with E-state index in [0.717, 1.165) is 29.2 Å². The first kappa shape index (κ1) is 21.9. The van der Waals surface area contributed by atoms with E-state index in [1.165, 1.54) is 0 Å². The fourth-order valence-electron chi connectivity index (χ4n) is 5.26. The summed E-state index contributed by atoms with van der Waals surface area (Å²) in [5, 5.41) is 17.3. The summed E-state index contributed by atoms with van der Waals surface area (Å²) in [4.78, 5) is 25.0. The molecule has 7 nitrogen and oxygen atoms in total. The number of aromatic nitrogens is 2. The molecule has 0 aliphatic heterocycles. The maximum atomic E-state index is 13.1. The molecule has 5 rings (SSSR count). The van der Waals surface area contributed by atoms with Crippen molar-refractivity contribution in [2.24, 2.45) is 23.7 Å². The van der Waals surface area contributed by atoms with Crippen molar-refractivity contribution in [2.45, 2.75) is 26.8 Å². The number of ether oxygens (including phenoxy) is 1. The number of allylic oxidation sites excluding steroid dienone is 2. The minimum absolute atomic E-state index is 0.0193. The van der Waals surface area contributed by atoms with Crippen LogP contribution in [0.4, 0.5) is 5.69 Å². The fraction of sp³-hybridized carbons (Fsp3) is 0.296. The van der Waals surface area contributed by atoms with Crippen LogP contribution in [0.3, 0.4) is 0 Å². The van der Waals surface area contributed by atoms with E-state index in [-0.39, 0.29) is 17.7 Å². The standard InChI is InChI=1S/C27H27N3O4/c1-16-25(28-26(31)23-19-11-12-20(14-19)24(23)27(32)33)17(2)30(29-16)15-18-7-6-10-22(13-18)34-21-8-4-3-5-9-21/h3-13,19-20,23-24H,14-15H2,1-2H3,(H,28,31)(H,32,33). The summed E-state index contributed by atoms with van der Waals surface area (Å²) < 4.78 is 7.79. The van der Waals surface area contributed by atoms with Gasteiger partial charge in [0.2, 0.25) is 5.91 Å². The smallest absolute Gasteiger partial charge is 0.307 e. The number of fused-ring (bicyclic) bond motifs is 2. The van der Waals surface area contributed by atoms with E-state index in [2.05, 4.69) is 10.4 Å². The second-order valence-corrected chi connectivity index (χ2v) is 9.09. The third kappa shape index (κ3) is 4.09. The second-order valence-electron chi connectivity index (χ2n) is 9.09. The Labute approximate surface area is 198 Å². The molecule has 2 aliphatic rings. The van der Waals surface area contributed by atoms with Crippen LogP contribution in [0.15, 0.2) is 66.7 Å². The molecule has 0 saturated heterocycles. The van der Waals surface area contributed by atoms with Crippen molar-refractivity contribution in [3.05, 3.63) is 83.7 Å². The van der Waals surface area contributed by atoms with Gasteiger partial charge in [0.15, 0.2) is 0 Å². The van der Waals surface area contributed by atoms with E-state index in [0.29, 0.717) is 17.9 Å².